The van der Waals surface area contributed by atoms with Crippen LogP contribution in [0.5, 0.6) is 0 Å². The van der Waals surface area contributed by atoms with Gasteiger partial charge in [0.15, 0.2) is 0 Å². The Balaban J connectivity index is 1.81. The molecule has 1 saturated carbocycles. The molecule has 6 heteroatoms. The van der Waals surface area contributed by atoms with Crippen LogP contribution in [0, 0.1) is 0 Å². The first kappa shape index (κ1) is 15.6. The number of rotatable bonds is 8. The van der Waals surface area contributed by atoms with Crippen LogP contribution in [-0.2, 0) is 0 Å². The molecule has 1 fully saturated rings. The van der Waals surface area contributed by atoms with Crippen molar-refractivity contribution in [3.05, 3.63) is 5.89 Å². The molecule has 0 saturated heterocycles. The molecule has 0 aromatic carbocycles. The fraction of sp³-hybridized carbons (Fsp3) is 0.857. The summed E-state index contributed by atoms with van der Waals surface area (Å²) in [7, 11) is 0. The third-order valence-corrected chi connectivity index (χ3v) is 4.86. The molecule has 2 N–H and O–H groups in total. The van der Waals surface area contributed by atoms with E-state index in [2.05, 4.69) is 53.4 Å². The minimum Gasteiger partial charge on any atom is -0.406 e. The number of hydrogen-bond acceptors (Lipinski definition) is 6. The van der Waals surface area contributed by atoms with Crippen molar-refractivity contribution in [3.63, 3.8) is 0 Å². The van der Waals surface area contributed by atoms with Crippen LogP contribution in [0.2, 0.25) is 0 Å². The van der Waals surface area contributed by atoms with E-state index in [0.717, 1.165) is 18.2 Å². The van der Waals surface area contributed by atoms with Crippen LogP contribution in [0.4, 0.5) is 6.01 Å². The van der Waals surface area contributed by atoms with E-state index in [4.69, 9.17) is 4.42 Å². The Morgan fingerprint density at radius 2 is 2.20 bits per heavy atom. The van der Waals surface area contributed by atoms with Gasteiger partial charge in [0.05, 0.1) is 6.04 Å². The standard InChI is InChI=1S/C14H26N4OS/c1-4-8-15-10(3)13-17-18-14(19-13)16-11-6-7-12(9-11)20-5-2/h10-12,15H,4-9H2,1-3H3,(H,16,18). The number of nitrogens with one attached hydrogen (secondary N) is 2. The smallest absolute Gasteiger partial charge is 0.315 e. The van der Waals surface area contributed by atoms with Crippen molar-refractivity contribution < 1.29 is 4.42 Å². The minimum absolute atomic E-state index is 0.116. The Bertz CT molecular complexity index is 398. The van der Waals surface area contributed by atoms with Gasteiger partial charge in [-0.15, -0.1) is 5.10 Å². The Hall–Kier alpha value is -0.750. The number of thioether (sulfide) groups is 1. The molecule has 1 heterocycles. The molecule has 5 nitrogen and oxygen atoms in total. The summed E-state index contributed by atoms with van der Waals surface area (Å²) < 4.78 is 5.70. The maximum atomic E-state index is 5.70. The molecule has 1 aliphatic rings. The molecule has 1 aliphatic carbocycles. The van der Waals surface area contributed by atoms with E-state index in [9.17, 15) is 0 Å². The lowest BCUT2D eigenvalue weighted by Crippen LogP contribution is -2.19. The Labute approximate surface area is 125 Å². The first-order valence-corrected chi connectivity index (χ1v) is 8.72. The summed E-state index contributed by atoms with van der Waals surface area (Å²) in [6.07, 6.45) is 4.77. The number of aromatic nitrogens is 2. The fourth-order valence-corrected chi connectivity index (χ4v) is 3.69. The first-order chi connectivity index (χ1) is 9.72. The monoisotopic (exact) mass is 298 g/mol. The summed E-state index contributed by atoms with van der Waals surface area (Å²) in [5.74, 6) is 1.86. The molecule has 114 valence electrons. The second kappa shape index (κ2) is 7.88. The zero-order chi connectivity index (χ0) is 14.4. The quantitative estimate of drug-likeness (QED) is 0.768. The molecule has 0 amide bonds. The predicted octanol–water partition coefficient (Wildman–Crippen LogP) is 3.22. The van der Waals surface area contributed by atoms with E-state index >= 15 is 0 Å². The highest BCUT2D eigenvalue weighted by Crippen LogP contribution is 2.31. The molecule has 2 rings (SSSR count). The normalized spacial score (nSPS) is 23.9. The largest absolute Gasteiger partial charge is 0.406 e. The maximum Gasteiger partial charge on any atom is 0.315 e. The molecule has 20 heavy (non-hydrogen) atoms. The highest BCUT2D eigenvalue weighted by Gasteiger charge is 2.26. The van der Waals surface area contributed by atoms with Crippen molar-refractivity contribution in [1.29, 1.82) is 0 Å². The van der Waals surface area contributed by atoms with Crippen molar-refractivity contribution in [2.24, 2.45) is 0 Å². The number of hydrogen-bond donors (Lipinski definition) is 2. The van der Waals surface area contributed by atoms with Gasteiger partial charge < -0.3 is 15.1 Å². The maximum absolute atomic E-state index is 5.70. The van der Waals surface area contributed by atoms with Gasteiger partial charge in [0.2, 0.25) is 5.89 Å². The fourth-order valence-electron chi connectivity index (χ4n) is 2.55. The topological polar surface area (TPSA) is 63.0 Å². The Morgan fingerprint density at radius 3 is 2.95 bits per heavy atom. The van der Waals surface area contributed by atoms with E-state index < -0.39 is 0 Å². The second-order valence-corrected chi connectivity index (χ2v) is 6.93. The lowest BCUT2D eigenvalue weighted by molar-refractivity contribution is 0.421. The van der Waals surface area contributed by atoms with Crippen molar-refractivity contribution in [1.82, 2.24) is 15.5 Å². The molecule has 0 bridgehead atoms. The van der Waals surface area contributed by atoms with Gasteiger partial charge in [0, 0.05) is 11.3 Å². The van der Waals surface area contributed by atoms with Gasteiger partial charge in [0.1, 0.15) is 0 Å². The van der Waals surface area contributed by atoms with E-state index in [1.165, 1.54) is 25.0 Å². The van der Waals surface area contributed by atoms with Gasteiger partial charge >= 0.3 is 6.01 Å². The molecule has 1 aromatic rings. The van der Waals surface area contributed by atoms with Crippen LogP contribution < -0.4 is 10.6 Å². The van der Waals surface area contributed by atoms with Gasteiger partial charge in [-0.1, -0.05) is 18.9 Å². The minimum atomic E-state index is 0.116. The molecule has 0 spiro atoms. The molecule has 0 radical (unpaired) electrons. The van der Waals surface area contributed by atoms with Gasteiger partial charge in [-0.05, 0) is 44.9 Å². The lowest BCUT2D eigenvalue weighted by atomic mass is 10.3. The molecule has 0 aliphatic heterocycles. The third-order valence-electron chi connectivity index (χ3n) is 3.63. The summed E-state index contributed by atoms with van der Waals surface area (Å²) >= 11 is 2.06. The Kier molecular flexibility index (Phi) is 6.16. The van der Waals surface area contributed by atoms with Crippen molar-refractivity contribution in [3.8, 4) is 0 Å². The van der Waals surface area contributed by atoms with Gasteiger partial charge in [-0.3, -0.25) is 0 Å². The van der Waals surface area contributed by atoms with Gasteiger partial charge in [-0.25, -0.2) is 0 Å². The average Bonchev–Trinajstić information content (AvgIpc) is 3.07. The van der Waals surface area contributed by atoms with Crippen molar-refractivity contribution >= 4 is 17.8 Å². The zero-order valence-corrected chi connectivity index (χ0v) is 13.5. The summed E-state index contributed by atoms with van der Waals surface area (Å²) in [6.45, 7) is 7.38. The van der Waals surface area contributed by atoms with Gasteiger partial charge in [-0.2, -0.15) is 11.8 Å². The van der Waals surface area contributed by atoms with Crippen LogP contribution in [0.25, 0.3) is 0 Å². The predicted molar refractivity (Wildman–Crippen MR) is 84.2 cm³/mol. The zero-order valence-electron chi connectivity index (χ0n) is 12.7. The summed E-state index contributed by atoms with van der Waals surface area (Å²) in [6, 6.07) is 1.16. The Morgan fingerprint density at radius 1 is 1.35 bits per heavy atom. The first-order valence-electron chi connectivity index (χ1n) is 7.67. The van der Waals surface area contributed by atoms with Crippen LogP contribution >= 0.6 is 11.8 Å². The number of nitrogens with zero attached hydrogens (tertiary/aromatic N) is 2. The summed E-state index contributed by atoms with van der Waals surface area (Å²) in [5, 5.41) is 15.7. The second-order valence-electron chi connectivity index (χ2n) is 5.35. The number of anilines is 1. The van der Waals surface area contributed by atoms with Crippen molar-refractivity contribution in [2.45, 2.75) is 63.8 Å². The van der Waals surface area contributed by atoms with E-state index in [1.54, 1.807) is 0 Å². The van der Waals surface area contributed by atoms with Crippen LogP contribution in [0.3, 0.4) is 0 Å². The lowest BCUT2D eigenvalue weighted by Gasteiger charge is -2.11. The van der Waals surface area contributed by atoms with E-state index in [-0.39, 0.29) is 6.04 Å². The van der Waals surface area contributed by atoms with E-state index in [0.29, 0.717) is 17.9 Å². The third kappa shape index (κ3) is 4.38. The molecule has 1 aromatic heterocycles. The highest BCUT2D eigenvalue weighted by atomic mass is 32.2. The van der Waals surface area contributed by atoms with Crippen LogP contribution in [0.15, 0.2) is 4.42 Å². The van der Waals surface area contributed by atoms with Crippen LogP contribution in [-0.4, -0.2) is 33.8 Å². The van der Waals surface area contributed by atoms with Crippen LogP contribution in [0.1, 0.15) is 58.4 Å². The highest BCUT2D eigenvalue weighted by molar-refractivity contribution is 7.99. The van der Waals surface area contributed by atoms with Crippen molar-refractivity contribution in [2.75, 3.05) is 17.6 Å². The molecule has 3 atom stereocenters. The molecular weight excluding hydrogens is 272 g/mol. The molecule has 3 unspecified atom stereocenters. The summed E-state index contributed by atoms with van der Waals surface area (Å²) in [4.78, 5) is 0. The van der Waals surface area contributed by atoms with E-state index in [1.807, 2.05) is 0 Å². The average molecular weight is 298 g/mol. The van der Waals surface area contributed by atoms with Gasteiger partial charge in [0.25, 0.3) is 0 Å². The SMILES string of the molecule is CCCNC(C)c1nnc(NC2CCC(SCC)C2)o1. The summed E-state index contributed by atoms with van der Waals surface area (Å²) in [5.41, 5.74) is 0. The molecular formula is C14H26N4OS.